The monoisotopic (exact) mass is 365 g/mol. The van der Waals surface area contributed by atoms with Crippen LogP contribution >= 0.6 is 23.2 Å². The van der Waals surface area contributed by atoms with E-state index in [0.717, 1.165) is 0 Å². The van der Waals surface area contributed by atoms with Crippen molar-refractivity contribution < 1.29 is 19.1 Å². The molecule has 0 saturated carbocycles. The van der Waals surface area contributed by atoms with Crippen LogP contribution < -0.4 is 9.64 Å². The average molecular weight is 366 g/mol. The molecule has 1 amide bonds. The van der Waals surface area contributed by atoms with Crippen LogP contribution in [0.1, 0.15) is 10.4 Å². The summed E-state index contributed by atoms with van der Waals surface area (Å²) >= 11 is 12.0. The minimum absolute atomic E-state index is 0.0292. The van der Waals surface area contributed by atoms with Crippen molar-refractivity contribution in [2.24, 2.45) is 0 Å². The van der Waals surface area contributed by atoms with Gasteiger partial charge in [-0.25, -0.2) is 4.79 Å². The van der Waals surface area contributed by atoms with Gasteiger partial charge in [-0.1, -0.05) is 35.3 Å². The molecular weight excluding hydrogens is 353 g/mol. The van der Waals surface area contributed by atoms with E-state index in [9.17, 15) is 9.59 Å². The molecule has 1 atom stereocenters. The van der Waals surface area contributed by atoms with Gasteiger partial charge in [-0.3, -0.25) is 4.79 Å². The van der Waals surface area contributed by atoms with Gasteiger partial charge in [-0.05, 0) is 30.3 Å². The van der Waals surface area contributed by atoms with Gasteiger partial charge in [0.25, 0.3) is 5.91 Å². The van der Waals surface area contributed by atoms with Gasteiger partial charge in [0.15, 0.2) is 0 Å². The van der Waals surface area contributed by atoms with Crippen LogP contribution in [-0.4, -0.2) is 31.6 Å². The Bertz CT molecular complexity index is 809. The van der Waals surface area contributed by atoms with Crippen molar-refractivity contribution in [1.82, 2.24) is 0 Å². The van der Waals surface area contributed by atoms with Gasteiger partial charge in [0.1, 0.15) is 5.75 Å². The third-order valence-electron chi connectivity index (χ3n) is 3.64. The van der Waals surface area contributed by atoms with E-state index >= 15 is 0 Å². The van der Waals surface area contributed by atoms with E-state index < -0.39 is 12.1 Å². The first kappa shape index (κ1) is 16.6. The molecule has 24 heavy (non-hydrogen) atoms. The minimum atomic E-state index is -0.903. The molecule has 0 fully saturated rings. The third-order valence-corrected chi connectivity index (χ3v) is 4.19. The lowest BCUT2D eigenvalue weighted by atomic mass is 10.1. The number of benzene rings is 2. The molecule has 0 aromatic heterocycles. The van der Waals surface area contributed by atoms with E-state index in [2.05, 4.69) is 0 Å². The number of ether oxygens (including phenoxy) is 2. The standard InChI is InChI=1S/C17H13Cl2NO4/c1-23-17(22)15-9-20(13-4-2-3-5-14(13)24-15)16(21)11-7-6-10(18)8-12(11)19/h2-8,15H,9H2,1H3. The fraction of sp³-hybridized carbons (Fsp3) is 0.176. The molecule has 1 heterocycles. The van der Waals surface area contributed by atoms with Gasteiger partial charge in [0, 0.05) is 5.02 Å². The van der Waals surface area contributed by atoms with Crippen molar-refractivity contribution in [1.29, 1.82) is 0 Å². The summed E-state index contributed by atoms with van der Waals surface area (Å²) < 4.78 is 10.4. The molecule has 124 valence electrons. The van der Waals surface area contributed by atoms with Crippen LogP contribution in [0, 0.1) is 0 Å². The molecule has 1 aliphatic heterocycles. The number of carbonyl (C=O) groups is 2. The van der Waals surface area contributed by atoms with Crippen LogP contribution in [0.5, 0.6) is 5.75 Å². The van der Waals surface area contributed by atoms with Crippen LogP contribution in [0.2, 0.25) is 10.0 Å². The number of fused-ring (bicyclic) bond motifs is 1. The number of hydrogen-bond donors (Lipinski definition) is 0. The molecule has 0 radical (unpaired) electrons. The van der Waals surface area contributed by atoms with E-state index in [1.54, 1.807) is 36.4 Å². The SMILES string of the molecule is COC(=O)C1CN(C(=O)c2ccc(Cl)cc2Cl)c2ccccc2O1. The van der Waals surface area contributed by atoms with E-state index in [1.807, 2.05) is 0 Å². The van der Waals surface area contributed by atoms with Crippen LogP contribution in [-0.2, 0) is 9.53 Å². The first-order valence-corrected chi connectivity index (χ1v) is 7.87. The minimum Gasteiger partial charge on any atom is -0.475 e. The number of anilines is 1. The summed E-state index contributed by atoms with van der Waals surface area (Å²) in [6, 6.07) is 11.6. The first-order chi connectivity index (χ1) is 11.5. The topological polar surface area (TPSA) is 55.8 Å². The molecule has 5 nitrogen and oxygen atoms in total. The molecule has 1 aliphatic rings. The summed E-state index contributed by atoms with van der Waals surface area (Å²) in [6.45, 7) is 0.0292. The third kappa shape index (κ3) is 3.05. The number of hydrogen-bond acceptors (Lipinski definition) is 4. The maximum absolute atomic E-state index is 12.9. The number of amides is 1. The smallest absolute Gasteiger partial charge is 0.348 e. The fourth-order valence-corrected chi connectivity index (χ4v) is 2.98. The molecule has 0 aliphatic carbocycles. The summed E-state index contributed by atoms with van der Waals surface area (Å²) in [4.78, 5) is 26.3. The van der Waals surface area contributed by atoms with E-state index in [1.165, 1.54) is 18.1 Å². The second kappa shape index (κ2) is 6.71. The molecule has 2 aromatic rings. The highest BCUT2D eigenvalue weighted by atomic mass is 35.5. The number of rotatable bonds is 2. The van der Waals surface area contributed by atoms with Gasteiger partial charge >= 0.3 is 5.97 Å². The molecule has 3 rings (SSSR count). The van der Waals surface area contributed by atoms with Crippen molar-refractivity contribution >= 4 is 40.8 Å². The molecule has 2 aromatic carbocycles. The van der Waals surface area contributed by atoms with Crippen molar-refractivity contribution in [2.75, 3.05) is 18.6 Å². The number of halogens is 2. The van der Waals surface area contributed by atoms with Gasteiger partial charge in [-0.2, -0.15) is 0 Å². The van der Waals surface area contributed by atoms with E-state index in [-0.39, 0.29) is 17.5 Å². The number of methoxy groups -OCH3 is 1. The van der Waals surface area contributed by atoms with Gasteiger partial charge < -0.3 is 14.4 Å². The Kier molecular flexibility index (Phi) is 4.64. The highest BCUT2D eigenvalue weighted by Gasteiger charge is 2.35. The van der Waals surface area contributed by atoms with Crippen LogP contribution in [0.4, 0.5) is 5.69 Å². The lowest BCUT2D eigenvalue weighted by Crippen LogP contribution is -2.47. The molecule has 7 heteroatoms. The Labute approximate surface area is 148 Å². The quantitative estimate of drug-likeness (QED) is 0.763. The second-order valence-electron chi connectivity index (χ2n) is 5.14. The zero-order valence-corrected chi connectivity index (χ0v) is 14.2. The Morgan fingerprint density at radius 2 is 1.96 bits per heavy atom. The van der Waals surface area contributed by atoms with Crippen molar-refractivity contribution in [3.8, 4) is 5.75 Å². The zero-order chi connectivity index (χ0) is 17.3. The lowest BCUT2D eigenvalue weighted by molar-refractivity contribution is -0.148. The molecule has 1 unspecified atom stereocenters. The van der Waals surface area contributed by atoms with E-state index in [4.69, 9.17) is 32.7 Å². The van der Waals surface area contributed by atoms with Gasteiger partial charge in [0.05, 0.1) is 29.9 Å². The predicted molar refractivity (Wildman–Crippen MR) is 91.0 cm³/mol. The van der Waals surface area contributed by atoms with Crippen LogP contribution in [0.15, 0.2) is 42.5 Å². The van der Waals surface area contributed by atoms with Crippen molar-refractivity contribution in [3.05, 3.63) is 58.1 Å². The van der Waals surface area contributed by atoms with Gasteiger partial charge in [-0.15, -0.1) is 0 Å². The Morgan fingerprint density at radius 3 is 2.67 bits per heavy atom. The summed E-state index contributed by atoms with van der Waals surface area (Å²) in [6.07, 6.45) is -0.903. The largest absolute Gasteiger partial charge is 0.475 e. The number of para-hydroxylation sites is 2. The predicted octanol–water partition coefficient (Wildman–Crippen LogP) is 3.57. The molecule has 0 bridgehead atoms. The first-order valence-electron chi connectivity index (χ1n) is 7.11. The highest BCUT2D eigenvalue weighted by Crippen LogP contribution is 2.35. The molecular formula is C17H13Cl2NO4. The molecule has 0 spiro atoms. The number of nitrogens with zero attached hydrogens (tertiary/aromatic N) is 1. The van der Waals surface area contributed by atoms with Crippen molar-refractivity contribution in [2.45, 2.75) is 6.10 Å². The summed E-state index contributed by atoms with van der Waals surface area (Å²) in [5, 5.41) is 0.678. The number of esters is 1. The summed E-state index contributed by atoms with van der Waals surface area (Å²) in [7, 11) is 1.27. The summed E-state index contributed by atoms with van der Waals surface area (Å²) in [5.41, 5.74) is 0.857. The lowest BCUT2D eigenvalue weighted by Gasteiger charge is -2.33. The van der Waals surface area contributed by atoms with E-state index in [0.29, 0.717) is 22.0 Å². The Morgan fingerprint density at radius 1 is 1.21 bits per heavy atom. The van der Waals surface area contributed by atoms with Crippen LogP contribution in [0.25, 0.3) is 0 Å². The second-order valence-corrected chi connectivity index (χ2v) is 5.98. The Hall–Kier alpha value is -2.24. The Balaban J connectivity index is 2.01. The zero-order valence-electron chi connectivity index (χ0n) is 12.7. The molecule has 0 saturated heterocycles. The highest BCUT2D eigenvalue weighted by molar-refractivity contribution is 6.37. The normalized spacial score (nSPS) is 16.1. The fourth-order valence-electron chi connectivity index (χ4n) is 2.49. The van der Waals surface area contributed by atoms with Crippen molar-refractivity contribution in [3.63, 3.8) is 0 Å². The maximum Gasteiger partial charge on any atom is 0.348 e. The van der Waals surface area contributed by atoms with Crippen LogP contribution in [0.3, 0.4) is 0 Å². The maximum atomic E-state index is 12.9. The summed E-state index contributed by atoms with van der Waals surface area (Å²) in [5.74, 6) is -0.469. The van der Waals surface area contributed by atoms with Gasteiger partial charge in [0.2, 0.25) is 6.10 Å². The number of carbonyl (C=O) groups excluding carboxylic acids is 2. The average Bonchev–Trinajstić information content (AvgIpc) is 2.59. The molecule has 0 N–H and O–H groups in total.